The van der Waals surface area contributed by atoms with Crippen molar-refractivity contribution >= 4 is 5.97 Å². The van der Waals surface area contributed by atoms with Crippen LogP contribution in [0.25, 0.3) is 0 Å². The fourth-order valence-corrected chi connectivity index (χ4v) is 1.95. The number of carbonyl (C=O) groups is 1. The van der Waals surface area contributed by atoms with Gasteiger partial charge in [0.2, 0.25) is 0 Å². The number of carbonyl (C=O) groups excluding carboxylic acids is 1. The number of hydrogen-bond acceptors (Lipinski definition) is 4. The minimum Gasteiger partial charge on any atom is -0.465 e. The summed E-state index contributed by atoms with van der Waals surface area (Å²) in [5, 5.41) is 0. The van der Waals surface area contributed by atoms with Crippen LogP contribution in [0, 0.1) is 11.6 Å². The number of benzene rings is 1. The molecule has 0 saturated carbocycles. The molecule has 6 heteroatoms. The van der Waals surface area contributed by atoms with Crippen molar-refractivity contribution < 1.29 is 18.3 Å². The van der Waals surface area contributed by atoms with Crippen molar-refractivity contribution in [3.63, 3.8) is 0 Å². The van der Waals surface area contributed by atoms with Crippen LogP contribution in [0.1, 0.15) is 24.9 Å². The molecule has 0 amide bonds. The number of esters is 1. The number of ether oxygens (including phenoxy) is 1. The third-order valence-corrected chi connectivity index (χ3v) is 2.76. The van der Waals surface area contributed by atoms with Crippen LogP contribution in [0.2, 0.25) is 0 Å². The zero-order valence-electron chi connectivity index (χ0n) is 9.87. The van der Waals surface area contributed by atoms with E-state index in [2.05, 4.69) is 10.9 Å². The number of hydrazine groups is 1. The fraction of sp³-hybridized carbons (Fsp3) is 0.417. The first-order chi connectivity index (χ1) is 8.60. The highest BCUT2D eigenvalue weighted by atomic mass is 19.1. The van der Waals surface area contributed by atoms with Gasteiger partial charge in [-0.3, -0.25) is 4.79 Å². The Morgan fingerprint density at radius 1 is 1.33 bits per heavy atom. The van der Waals surface area contributed by atoms with Gasteiger partial charge in [0.05, 0.1) is 6.61 Å². The molecule has 0 spiro atoms. The SMILES string of the molecule is CCOC(=O)C1CC(c2cc(F)cc(F)c2)NN1. The maximum Gasteiger partial charge on any atom is 0.324 e. The van der Waals surface area contributed by atoms with Gasteiger partial charge in [0.1, 0.15) is 17.7 Å². The van der Waals surface area contributed by atoms with E-state index in [4.69, 9.17) is 4.74 Å². The third kappa shape index (κ3) is 2.83. The van der Waals surface area contributed by atoms with Gasteiger partial charge in [0, 0.05) is 12.1 Å². The summed E-state index contributed by atoms with van der Waals surface area (Å²) in [6.45, 7) is 2.02. The van der Waals surface area contributed by atoms with Crippen LogP contribution in [0.15, 0.2) is 18.2 Å². The Kier molecular flexibility index (Phi) is 3.88. The van der Waals surface area contributed by atoms with Gasteiger partial charge in [-0.05, 0) is 31.0 Å². The zero-order valence-corrected chi connectivity index (χ0v) is 9.87. The van der Waals surface area contributed by atoms with Crippen molar-refractivity contribution in [3.05, 3.63) is 35.4 Å². The van der Waals surface area contributed by atoms with Crippen molar-refractivity contribution in [2.75, 3.05) is 6.61 Å². The molecule has 4 nitrogen and oxygen atoms in total. The van der Waals surface area contributed by atoms with Crippen LogP contribution >= 0.6 is 0 Å². The number of hydrogen-bond donors (Lipinski definition) is 2. The average Bonchev–Trinajstić information content (AvgIpc) is 2.77. The average molecular weight is 256 g/mol. The van der Waals surface area contributed by atoms with Crippen LogP contribution < -0.4 is 10.9 Å². The highest BCUT2D eigenvalue weighted by Gasteiger charge is 2.31. The molecule has 0 aromatic heterocycles. The van der Waals surface area contributed by atoms with Crippen LogP contribution in [-0.2, 0) is 9.53 Å². The summed E-state index contributed by atoms with van der Waals surface area (Å²) >= 11 is 0. The molecule has 1 fully saturated rings. The molecule has 98 valence electrons. The maximum absolute atomic E-state index is 13.1. The molecule has 1 saturated heterocycles. The van der Waals surface area contributed by atoms with Gasteiger partial charge in [-0.1, -0.05) is 0 Å². The van der Waals surface area contributed by atoms with E-state index in [1.54, 1.807) is 6.92 Å². The van der Waals surface area contributed by atoms with Gasteiger partial charge < -0.3 is 4.74 Å². The summed E-state index contributed by atoms with van der Waals surface area (Å²) in [5.41, 5.74) is 6.06. The second-order valence-corrected chi connectivity index (χ2v) is 4.08. The van der Waals surface area contributed by atoms with Gasteiger partial charge in [-0.15, -0.1) is 0 Å². The molecule has 2 N–H and O–H groups in total. The molecular weight excluding hydrogens is 242 g/mol. The second kappa shape index (κ2) is 5.41. The third-order valence-electron chi connectivity index (χ3n) is 2.76. The van der Waals surface area contributed by atoms with E-state index in [1.165, 1.54) is 12.1 Å². The second-order valence-electron chi connectivity index (χ2n) is 4.08. The van der Waals surface area contributed by atoms with Crippen molar-refractivity contribution in [3.8, 4) is 0 Å². The molecule has 0 radical (unpaired) electrons. The summed E-state index contributed by atoms with van der Waals surface area (Å²) in [6.07, 6.45) is 0.391. The molecule has 1 heterocycles. The lowest BCUT2D eigenvalue weighted by Crippen LogP contribution is -2.37. The Balaban J connectivity index is 2.06. The highest BCUT2D eigenvalue weighted by Crippen LogP contribution is 2.24. The monoisotopic (exact) mass is 256 g/mol. The lowest BCUT2D eigenvalue weighted by molar-refractivity contribution is -0.145. The normalized spacial score (nSPS) is 23.1. The van der Waals surface area contributed by atoms with Gasteiger partial charge in [0.15, 0.2) is 0 Å². The minimum atomic E-state index is -0.633. The van der Waals surface area contributed by atoms with Crippen molar-refractivity contribution in [2.45, 2.75) is 25.4 Å². The predicted molar refractivity (Wildman–Crippen MR) is 60.4 cm³/mol. The standard InChI is InChI=1S/C12H14F2N2O2/c1-2-18-12(17)11-6-10(15-16-11)7-3-8(13)5-9(14)4-7/h3-5,10-11,15-16H,2,6H2,1H3. The Morgan fingerprint density at radius 3 is 2.61 bits per heavy atom. The Hall–Kier alpha value is -1.53. The highest BCUT2D eigenvalue weighted by molar-refractivity contribution is 5.76. The van der Waals surface area contributed by atoms with Crippen molar-refractivity contribution in [1.29, 1.82) is 0 Å². The van der Waals surface area contributed by atoms with Gasteiger partial charge >= 0.3 is 5.97 Å². The summed E-state index contributed by atoms with van der Waals surface area (Å²) < 4.78 is 31.0. The van der Waals surface area contributed by atoms with E-state index in [1.807, 2.05) is 0 Å². The van der Waals surface area contributed by atoms with E-state index >= 15 is 0 Å². The minimum absolute atomic E-state index is 0.302. The van der Waals surface area contributed by atoms with Gasteiger partial charge in [-0.25, -0.2) is 19.6 Å². The smallest absolute Gasteiger partial charge is 0.324 e. The molecule has 2 unspecified atom stereocenters. The molecule has 2 rings (SSSR count). The van der Waals surface area contributed by atoms with Gasteiger partial charge in [-0.2, -0.15) is 0 Å². The molecule has 1 aromatic carbocycles. The van der Waals surface area contributed by atoms with E-state index in [9.17, 15) is 13.6 Å². The van der Waals surface area contributed by atoms with Crippen LogP contribution in [-0.4, -0.2) is 18.6 Å². The Labute approximate surface area is 103 Å². The molecule has 18 heavy (non-hydrogen) atoms. The summed E-state index contributed by atoms with van der Waals surface area (Å²) in [6, 6.07) is 2.49. The number of rotatable bonds is 3. The fourth-order valence-electron chi connectivity index (χ4n) is 1.95. The predicted octanol–water partition coefficient (Wildman–Crippen LogP) is 1.44. The zero-order chi connectivity index (χ0) is 13.1. The first-order valence-corrected chi connectivity index (χ1v) is 5.74. The van der Waals surface area contributed by atoms with Crippen molar-refractivity contribution in [1.82, 2.24) is 10.9 Å². The Bertz CT molecular complexity index is 433. The molecule has 0 bridgehead atoms. The van der Waals surface area contributed by atoms with Crippen molar-refractivity contribution in [2.24, 2.45) is 0 Å². The summed E-state index contributed by atoms with van der Waals surface area (Å²) in [5.74, 6) is -1.64. The van der Waals surface area contributed by atoms with Crippen LogP contribution in [0.5, 0.6) is 0 Å². The topological polar surface area (TPSA) is 50.4 Å². The lowest BCUT2D eigenvalue weighted by atomic mass is 10.0. The first kappa shape index (κ1) is 12.9. The molecule has 1 aromatic rings. The molecule has 0 aliphatic carbocycles. The Morgan fingerprint density at radius 2 is 2.00 bits per heavy atom. The lowest BCUT2D eigenvalue weighted by Gasteiger charge is -2.09. The van der Waals surface area contributed by atoms with E-state index in [-0.39, 0.29) is 12.0 Å². The van der Waals surface area contributed by atoms with Gasteiger partial charge in [0.25, 0.3) is 0 Å². The molecule has 1 aliphatic rings. The van der Waals surface area contributed by atoms with E-state index in [0.717, 1.165) is 6.07 Å². The van der Waals surface area contributed by atoms with E-state index in [0.29, 0.717) is 18.6 Å². The van der Waals surface area contributed by atoms with E-state index < -0.39 is 17.7 Å². The van der Waals surface area contributed by atoms with Crippen LogP contribution in [0.3, 0.4) is 0 Å². The largest absolute Gasteiger partial charge is 0.465 e. The first-order valence-electron chi connectivity index (χ1n) is 5.74. The number of nitrogens with one attached hydrogen (secondary N) is 2. The number of halogens is 2. The molecule has 2 atom stereocenters. The summed E-state index contributed by atoms with van der Waals surface area (Å²) in [7, 11) is 0. The quantitative estimate of drug-likeness (QED) is 0.803. The maximum atomic E-state index is 13.1. The van der Waals surface area contributed by atoms with Crippen LogP contribution in [0.4, 0.5) is 8.78 Å². The molecule has 1 aliphatic heterocycles. The molecular formula is C12H14F2N2O2. The summed E-state index contributed by atoms with van der Waals surface area (Å²) in [4.78, 5) is 11.5.